The molecular formula is C16H18N2S. The van der Waals surface area contributed by atoms with Crippen molar-refractivity contribution >= 4 is 12.2 Å². The lowest BCUT2D eigenvalue weighted by Gasteiger charge is -2.26. The zero-order chi connectivity index (χ0) is 13.2. The van der Waals surface area contributed by atoms with Gasteiger partial charge in [0.25, 0.3) is 0 Å². The van der Waals surface area contributed by atoms with E-state index in [1.54, 1.807) is 6.33 Å². The van der Waals surface area contributed by atoms with Crippen LogP contribution >= 0.6 is 12.2 Å². The van der Waals surface area contributed by atoms with E-state index in [-0.39, 0.29) is 0 Å². The van der Waals surface area contributed by atoms with Crippen LogP contribution in [0.4, 0.5) is 0 Å². The molecule has 98 valence electrons. The quantitative estimate of drug-likeness (QED) is 0.823. The molecule has 1 fully saturated rings. The van der Waals surface area contributed by atoms with Crippen LogP contribution in [0, 0.1) is 4.64 Å². The number of rotatable bonds is 3. The molecule has 0 radical (unpaired) electrons. The Morgan fingerprint density at radius 2 is 2.21 bits per heavy atom. The van der Waals surface area contributed by atoms with Crippen LogP contribution in [-0.2, 0) is 6.42 Å². The summed E-state index contributed by atoms with van der Waals surface area (Å²) in [6.45, 7) is 2.12. The molecule has 2 nitrogen and oxygen atoms in total. The summed E-state index contributed by atoms with van der Waals surface area (Å²) in [6, 6.07) is 8.86. The zero-order valence-electron chi connectivity index (χ0n) is 11.1. The smallest absolute Gasteiger partial charge is 0.133 e. The van der Waals surface area contributed by atoms with E-state index in [2.05, 4.69) is 41.2 Å². The Hall–Kier alpha value is -1.48. The minimum Gasteiger partial charge on any atom is -0.346 e. The molecule has 1 aromatic heterocycles. The molecule has 3 heteroatoms. The highest BCUT2D eigenvalue weighted by Crippen LogP contribution is 2.37. The highest BCUT2D eigenvalue weighted by Gasteiger charge is 2.19. The van der Waals surface area contributed by atoms with Crippen molar-refractivity contribution in [2.24, 2.45) is 0 Å². The molecule has 0 saturated heterocycles. The van der Waals surface area contributed by atoms with Crippen LogP contribution < -0.4 is 0 Å². The molecule has 0 spiro atoms. The van der Waals surface area contributed by atoms with Crippen LogP contribution in [0.25, 0.3) is 11.3 Å². The Bertz CT molecular complexity index is 641. The number of hydrogen-bond donors (Lipinski definition) is 1. The number of aromatic nitrogens is 2. The van der Waals surface area contributed by atoms with Crippen molar-refractivity contribution in [3.8, 4) is 11.3 Å². The Kier molecular flexibility index (Phi) is 3.47. The summed E-state index contributed by atoms with van der Waals surface area (Å²) in [5, 5.41) is 0. The second-order valence-corrected chi connectivity index (χ2v) is 5.55. The minimum atomic E-state index is 0.713. The number of aromatic amines is 1. The Balaban J connectivity index is 2.06. The van der Waals surface area contributed by atoms with Gasteiger partial charge in [-0.2, -0.15) is 0 Å². The molecule has 0 unspecified atom stereocenters. The first-order valence-corrected chi connectivity index (χ1v) is 7.37. The molecule has 0 amide bonds. The molecule has 1 aliphatic rings. The van der Waals surface area contributed by atoms with Crippen molar-refractivity contribution in [3.05, 3.63) is 46.4 Å². The van der Waals surface area contributed by atoms with Crippen molar-refractivity contribution < 1.29 is 0 Å². The summed E-state index contributed by atoms with van der Waals surface area (Å²) in [4.78, 5) is 7.45. The minimum absolute atomic E-state index is 0.713. The third-order valence-electron chi connectivity index (χ3n) is 4.06. The summed E-state index contributed by atoms with van der Waals surface area (Å²) in [5.41, 5.74) is 4.96. The van der Waals surface area contributed by atoms with Gasteiger partial charge in [0.05, 0.1) is 12.0 Å². The summed E-state index contributed by atoms with van der Waals surface area (Å²) in [6.07, 6.45) is 6.64. The first-order valence-electron chi connectivity index (χ1n) is 6.96. The molecule has 1 saturated carbocycles. The van der Waals surface area contributed by atoms with Gasteiger partial charge < -0.3 is 4.98 Å². The number of nitrogens with zero attached hydrogens (tertiary/aromatic N) is 1. The lowest BCUT2D eigenvalue weighted by atomic mass is 9.79. The lowest BCUT2D eigenvalue weighted by Crippen LogP contribution is -2.08. The standard InChI is InChI=1S/C16H18N2S/c1-2-14-15(17-10-18-16(14)19)13-8-4-7-12(9-13)11-5-3-6-11/h4,7-11H,2-3,5-6H2,1H3,(H,17,18,19). The molecule has 1 heterocycles. The van der Waals surface area contributed by atoms with Crippen molar-refractivity contribution in [2.45, 2.75) is 38.5 Å². The van der Waals surface area contributed by atoms with Gasteiger partial charge in [-0.05, 0) is 42.4 Å². The van der Waals surface area contributed by atoms with Crippen molar-refractivity contribution in [2.75, 3.05) is 0 Å². The molecule has 0 atom stereocenters. The first kappa shape index (κ1) is 12.5. The summed E-state index contributed by atoms with van der Waals surface area (Å²) in [7, 11) is 0. The Labute approximate surface area is 118 Å². The number of hydrogen-bond acceptors (Lipinski definition) is 2. The number of nitrogens with one attached hydrogen (secondary N) is 1. The molecular weight excluding hydrogens is 252 g/mol. The maximum absolute atomic E-state index is 5.33. The van der Waals surface area contributed by atoms with E-state index in [0.717, 1.165) is 23.6 Å². The number of benzene rings is 1. The van der Waals surface area contributed by atoms with Gasteiger partial charge in [0, 0.05) is 5.56 Å². The molecule has 3 rings (SSSR count). The molecule has 1 aliphatic carbocycles. The van der Waals surface area contributed by atoms with Gasteiger partial charge in [-0.1, -0.05) is 43.8 Å². The third kappa shape index (κ3) is 2.35. The van der Waals surface area contributed by atoms with Crippen LogP contribution in [0.1, 0.15) is 43.2 Å². The van der Waals surface area contributed by atoms with E-state index in [9.17, 15) is 0 Å². The summed E-state index contributed by atoms with van der Waals surface area (Å²) >= 11 is 5.33. The SMILES string of the molecule is CCc1c(-c2cccc(C3CCC3)c2)[nH]cnc1=S. The predicted octanol–water partition coefficient (Wildman–Crippen LogP) is 4.64. The lowest BCUT2D eigenvalue weighted by molar-refractivity contribution is 0.420. The zero-order valence-corrected chi connectivity index (χ0v) is 12.0. The fourth-order valence-corrected chi connectivity index (χ4v) is 3.00. The van der Waals surface area contributed by atoms with E-state index in [1.807, 2.05) is 0 Å². The predicted molar refractivity (Wildman–Crippen MR) is 80.8 cm³/mol. The van der Waals surface area contributed by atoms with Crippen LogP contribution in [0.2, 0.25) is 0 Å². The second-order valence-electron chi connectivity index (χ2n) is 5.17. The topological polar surface area (TPSA) is 28.7 Å². The number of H-pyrrole nitrogens is 1. The molecule has 1 aromatic carbocycles. The van der Waals surface area contributed by atoms with Crippen LogP contribution in [-0.4, -0.2) is 9.97 Å². The third-order valence-corrected chi connectivity index (χ3v) is 4.41. The van der Waals surface area contributed by atoms with Gasteiger partial charge in [0.2, 0.25) is 0 Å². The largest absolute Gasteiger partial charge is 0.346 e. The van der Waals surface area contributed by atoms with Gasteiger partial charge in [0.1, 0.15) is 4.64 Å². The molecule has 0 aliphatic heterocycles. The maximum atomic E-state index is 5.33. The van der Waals surface area contributed by atoms with Gasteiger partial charge >= 0.3 is 0 Å². The van der Waals surface area contributed by atoms with Crippen molar-refractivity contribution in [1.29, 1.82) is 0 Å². The van der Waals surface area contributed by atoms with Crippen LogP contribution in [0.5, 0.6) is 0 Å². The summed E-state index contributed by atoms with van der Waals surface area (Å²) in [5.74, 6) is 0.759. The highest BCUT2D eigenvalue weighted by atomic mass is 32.1. The van der Waals surface area contributed by atoms with E-state index in [4.69, 9.17) is 12.2 Å². The highest BCUT2D eigenvalue weighted by molar-refractivity contribution is 7.71. The fourth-order valence-electron chi connectivity index (χ4n) is 2.70. The molecule has 1 N–H and O–H groups in total. The first-order chi connectivity index (χ1) is 9.29. The molecule has 0 bridgehead atoms. The van der Waals surface area contributed by atoms with Crippen LogP contribution in [0.3, 0.4) is 0 Å². The van der Waals surface area contributed by atoms with Crippen molar-refractivity contribution in [3.63, 3.8) is 0 Å². The average Bonchev–Trinajstić information content (AvgIpc) is 2.37. The van der Waals surface area contributed by atoms with Crippen LogP contribution in [0.15, 0.2) is 30.6 Å². The van der Waals surface area contributed by atoms with Gasteiger partial charge in [-0.3, -0.25) is 0 Å². The average molecular weight is 270 g/mol. The fraction of sp³-hybridized carbons (Fsp3) is 0.375. The second kappa shape index (κ2) is 5.25. The maximum Gasteiger partial charge on any atom is 0.133 e. The van der Waals surface area contributed by atoms with E-state index < -0.39 is 0 Å². The van der Waals surface area contributed by atoms with E-state index in [1.165, 1.54) is 30.4 Å². The van der Waals surface area contributed by atoms with Gasteiger partial charge in [0.15, 0.2) is 0 Å². The molecule has 19 heavy (non-hydrogen) atoms. The monoisotopic (exact) mass is 270 g/mol. The Morgan fingerprint density at radius 3 is 2.89 bits per heavy atom. The summed E-state index contributed by atoms with van der Waals surface area (Å²) < 4.78 is 0.713. The Morgan fingerprint density at radius 1 is 1.37 bits per heavy atom. The normalized spacial score (nSPS) is 15.2. The van der Waals surface area contributed by atoms with E-state index in [0.29, 0.717) is 4.64 Å². The molecule has 2 aromatic rings. The van der Waals surface area contributed by atoms with Gasteiger partial charge in [-0.15, -0.1) is 0 Å². The van der Waals surface area contributed by atoms with E-state index >= 15 is 0 Å². The van der Waals surface area contributed by atoms with Crippen molar-refractivity contribution in [1.82, 2.24) is 9.97 Å². The van der Waals surface area contributed by atoms with Gasteiger partial charge in [-0.25, -0.2) is 4.98 Å².